The van der Waals surface area contributed by atoms with Crippen molar-refractivity contribution in [3.63, 3.8) is 0 Å². The van der Waals surface area contributed by atoms with Crippen molar-refractivity contribution in [1.82, 2.24) is 4.57 Å². The van der Waals surface area contributed by atoms with Gasteiger partial charge in [-0.3, -0.25) is 19.7 Å². The maximum Gasteiger partial charge on any atom is 0.272 e. The van der Waals surface area contributed by atoms with Crippen LogP contribution in [-0.2, 0) is 11.3 Å². The summed E-state index contributed by atoms with van der Waals surface area (Å²) in [4.78, 5) is 38.5. The van der Waals surface area contributed by atoms with Gasteiger partial charge in [0.05, 0.1) is 16.0 Å². The molecule has 0 spiro atoms. The van der Waals surface area contributed by atoms with Gasteiger partial charge >= 0.3 is 0 Å². The second-order valence-electron chi connectivity index (χ2n) is 8.53. The number of benzene rings is 4. The number of carbonyl (C=O) groups excluding carboxylic acids is 1. The zero-order valence-electron chi connectivity index (χ0n) is 19.6. The number of para-hydroxylation sites is 1. The second-order valence-corrected chi connectivity index (χ2v) is 9.68. The monoisotopic (exact) mass is 513 g/mol. The third-order valence-corrected chi connectivity index (χ3v) is 6.84. The minimum Gasteiger partial charge on any atom is -0.331 e. The van der Waals surface area contributed by atoms with Crippen molar-refractivity contribution in [3.05, 3.63) is 117 Å². The lowest BCUT2D eigenvalue weighted by molar-refractivity contribution is -0.385. The Labute approximate surface area is 214 Å². The molecule has 0 fully saturated rings. The van der Waals surface area contributed by atoms with E-state index in [0.29, 0.717) is 31.6 Å². The molecule has 0 bridgehead atoms. The van der Waals surface area contributed by atoms with Gasteiger partial charge in [0, 0.05) is 38.4 Å². The molecule has 0 atom stereocenters. The van der Waals surface area contributed by atoms with Crippen LogP contribution in [0.1, 0.15) is 5.56 Å². The van der Waals surface area contributed by atoms with Gasteiger partial charge in [0.2, 0.25) is 5.91 Å². The number of non-ortho nitro benzene ring substituents is 1. The van der Waals surface area contributed by atoms with E-state index < -0.39 is 10.8 Å². The second kappa shape index (κ2) is 9.87. The molecule has 1 aromatic heterocycles. The lowest BCUT2D eigenvalue weighted by Crippen LogP contribution is -2.21. The van der Waals surface area contributed by atoms with Crippen LogP contribution in [0.25, 0.3) is 21.8 Å². The van der Waals surface area contributed by atoms with E-state index in [0.717, 1.165) is 5.56 Å². The number of nitrogens with zero attached hydrogens (tertiary/aromatic N) is 2. The van der Waals surface area contributed by atoms with Gasteiger partial charge in [-0.05, 0) is 61.5 Å². The van der Waals surface area contributed by atoms with E-state index in [9.17, 15) is 24.1 Å². The molecule has 184 valence electrons. The van der Waals surface area contributed by atoms with Crippen LogP contribution in [0, 0.1) is 22.9 Å². The molecular weight excluding hydrogens is 493 g/mol. The third kappa shape index (κ3) is 5.07. The molecule has 0 saturated heterocycles. The van der Waals surface area contributed by atoms with Crippen molar-refractivity contribution >= 4 is 50.8 Å². The summed E-state index contributed by atoms with van der Waals surface area (Å²) in [6, 6.07) is 22.7. The van der Waals surface area contributed by atoms with Gasteiger partial charge < -0.3 is 9.88 Å². The van der Waals surface area contributed by atoms with Crippen LogP contribution in [0.5, 0.6) is 0 Å². The Kier molecular flexibility index (Phi) is 6.45. The Morgan fingerprint density at radius 1 is 0.946 bits per heavy atom. The van der Waals surface area contributed by atoms with E-state index in [4.69, 9.17) is 0 Å². The van der Waals surface area contributed by atoms with Crippen molar-refractivity contribution in [1.29, 1.82) is 0 Å². The maximum absolute atomic E-state index is 13.3. The van der Waals surface area contributed by atoms with Gasteiger partial charge in [0.15, 0.2) is 5.43 Å². The van der Waals surface area contributed by atoms with Crippen molar-refractivity contribution in [2.24, 2.45) is 0 Å². The molecule has 1 amide bonds. The van der Waals surface area contributed by atoms with Gasteiger partial charge in [-0.1, -0.05) is 35.5 Å². The molecule has 0 saturated carbocycles. The standard InChI is InChI=1S/C28H20FN3O4S/c1-17-6-11-26-24(12-17)28(34)23-4-2-3-5-25(23)31(26)16-27(33)30-19-13-20(32(35)36)15-22(14-19)37-21-9-7-18(29)8-10-21/h2-15H,16H2,1H3,(H,30,33). The molecule has 1 heterocycles. The normalized spacial score (nSPS) is 11.1. The highest BCUT2D eigenvalue weighted by atomic mass is 32.2. The van der Waals surface area contributed by atoms with Crippen molar-refractivity contribution in [2.45, 2.75) is 23.3 Å². The topological polar surface area (TPSA) is 94.2 Å². The number of hydrogen-bond acceptors (Lipinski definition) is 5. The van der Waals surface area contributed by atoms with E-state index in [2.05, 4.69) is 5.32 Å². The number of nitro groups is 1. The summed E-state index contributed by atoms with van der Waals surface area (Å²) < 4.78 is 15.0. The molecular formula is C28H20FN3O4S. The Bertz CT molecular complexity index is 1750. The number of nitrogens with one attached hydrogen (secondary N) is 1. The van der Waals surface area contributed by atoms with E-state index >= 15 is 0 Å². The molecule has 5 rings (SSSR count). The van der Waals surface area contributed by atoms with E-state index in [1.54, 1.807) is 53.1 Å². The molecule has 0 radical (unpaired) electrons. The maximum atomic E-state index is 13.3. The summed E-state index contributed by atoms with van der Waals surface area (Å²) in [5.74, 6) is -0.789. The summed E-state index contributed by atoms with van der Waals surface area (Å²) >= 11 is 1.22. The molecule has 4 aromatic carbocycles. The van der Waals surface area contributed by atoms with Crippen LogP contribution in [0.2, 0.25) is 0 Å². The predicted octanol–water partition coefficient (Wildman–Crippen LogP) is 6.30. The first-order valence-corrected chi connectivity index (χ1v) is 12.1. The summed E-state index contributed by atoms with van der Waals surface area (Å²) in [7, 11) is 0. The van der Waals surface area contributed by atoms with E-state index in [1.807, 2.05) is 19.1 Å². The molecule has 0 unspecified atom stereocenters. The summed E-state index contributed by atoms with van der Waals surface area (Å²) in [5, 5.41) is 15.3. The number of halogens is 1. The van der Waals surface area contributed by atoms with Crippen LogP contribution in [-0.4, -0.2) is 15.4 Å². The Balaban J connectivity index is 1.49. The number of fused-ring (bicyclic) bond motifs is 2. The highest BCUT2D eigenvalue weighted by Crippen LogP contribution is 2.33. The fourth-order valence-electron chi connectivity index (χ4n) is 4.22. The number of hydrogen-bond donors (Lipinski definition) is 1. The Morgan fingerprint density at radius 2 is 1.68 bits per heavy atom. The van der Waals surface area contributed by atoms with Crippen LogP contribution in [0.4, 0.5) is 15.8 Å². The van der Waals surface area contributed by atoms with Gasteiger partial charge in [0.25, 0.3) is 5.69 Å². The largest absolute Gasteiger partial charge is 0.331 e. The zero-order valence-corrected chi connectivity index (χ0v) is 20.4. The molecule has 0 aliphatic carbocycles. The molecule has 0 aliphatic heterocycles. The third-order valence-electron chi connectivity index (χ3n) is 5.86. The number of pyridine rings is 1. The number of rotatable bonds is 6. The number of amides is 1. The Morgan fingerprint density at radius 3 is 2.43 bits per heavy atom. The van der Waals surface area contributed by atoms with E-state index in [1.165, 1.54) is 36.0 Å². The number of nitro benzene ring substituents is 1. The molecule has 5 aromatic rings. The summed E-state index contributed by atoms with van der Waals surface area (Å²) in [6.45, 7) is 1.79. The first-order valence-electron chi connectivity index (χ1n) is 11.3. The van der Waals surface area contributed by atoms with Crippen LogP contribution >= 0.6 is 11.8 Å². The predicted molar refractivity (Wildman–Crippen MR) is 143 cm³/mol. The fraction of sp³-hybridized carbons (Fsp3) is 0.0714. The number of anilines is 1. The lowest BCUT2D eigenvalue weighted by atomic mass is 10.1. The molecule has 9 heteroatoms. The molecule has 37 heavy (non-hydrogen) atoms. The number of aryl methyl sites for hydroxylation is 1. The van der Waals surface area contributed by atoms with Gasteiger partial charge in [-0.2, -0.15) is 0 Å². The minimum absolute atomic E-state index is 0.105. The highest BCUT2D eigenvalue weighted by molar-refractivity contribution is 7.99. The van der Waals surface area contributed by atoms with Gasteiger partial charge in [-0.25, -0.2) is 4.39 Å². The van der Waals surface area contributed by atoms with Gasteiger partial charge in [0.1, 0.15) is 12.4 Å². The van der Waals surface area contributed by atoms with Gasteiger partial charge in [-0.15, -0.1) is 0 Å². The average Bonchev–Trinajstić information content (AvgIpc) is 2.88. The average molecular weight is 514 g/mol. The zero-order chi connectivity index (χ0) is 26.1. The molecule has 7 nitrogen and oxygen atoms in total. The Hall–Kier alpha value is -4.50. The highest BCUT2D eigenvalue weighted by Gasteiger charge is 2.16. The van der Waals surface area contributed by atoms with E-state index in [-0.39, 0.29) is 29.2 Å². The molecule has 1 N–H and O–H groups in total. The first kappa shape index (κ1) is 24.2. The number of carbonyl (C=O) groups is 1. The summed E-state index contributed by atoms with van der Waals surface area (Å²) in [6.07, 6.45) is 0. The quantitative estimate of drug-likeness (QED) is 0.163. The smallest absolute Gasteiger partial charge is 0.272 e. The van der Waals surface area contributed by atoms with Crippen molar-refractivity contribution in [3.8, 4) is 0 Å². The summed E-state index contributed by atoms with van der Waals surface area (Å²) in [5.41, 5.74) is 2.14. The lowest BCUT2D eigenvalue weighted by Gasteiger charge is -2.16. The van der Waals surface area contributed by atoms with Crippen LogP contribution in [0.3, 0.4) is 0 Å². The van der Waals surface area contributed by atoms with Crippen molar-refractivity contribution < 1.29 is 14.1 Å². The first-order chi connectivity index (χ1) is 17.8. The number of aromatic nitrogens is 1. The minimum atomic E-state index is -0.532. The van der Waals surface area contributed by atoms with Crippen LogP contribution < -0.4 is 10.7 Å². The fourth-order valence-corrected chi connectivity index (χ4v) is 5.13. The van der Waals surface area contributed by atoms with Crippen LogP contribution in [0.15, 0.2) is 99.5 Å². The SMILES string of the molecule is Cc1ccc2c(c1)c(=O)c1ccccc1n2CC(=O)Nc1cc(Sc2ccc(F)cc2)cc([N+](=O)[O-])c1. The molecule has 0 aliphatic rings. The van der Waals surface area contributed by atoms with Crippen molar-refractivity contribution in [2.75, 3.05) is 5.32 Å².